The quantitative estimate of drug-likeness (QED) is 0.940. The van der Waals surface area contributed by atoms with Crippen molar-refractivity contribution < 1.29 is 4.74 Å². The zero-order valence-electron chi connectivity index (χ0n) is 10.9. The number of rotatable bonds is 3. The fourth-order valence-electron chi connectivity index (χ4n) is 2.03. The molecule has 104 valence electrons. The summed E-state index contributed by atoms with van der Waals surface area (Å²) in [6.07, 6.45) is 3.39. The van der Waals surface area contributed by atoms with Crippen molar-refractivity contribution in [1.82, 2.24) is 15.3 Å². The first-order chi connectivity index (χ1) is 9.81. The van der Waals surface area contributed by atoms with E-state index in [9.17, 15) is 0 Å². The zero-order valence-corrected chi connectivity index (χ0v) is 11.7. The number of nitrogens with zero attached hydrogens (tertiary/aromatic N) is 3. The molecule has 20 heavy (non-hydrogen) atoms. The van der Waals surface area contributed by atoms with Crippen LogP contribution in [0.4, 0.5) is 5.95 Å². The summed E-state index contributed by atoms with van der Waals surface area (Å²) in [7, 11) is 0. The first-order valence-electron chi connectivity index (χ1n) is 6.52. The Morgan fingerprint density at radius 2 is 1.65 bits per heavy atom. The van der Waals surface area contributed by atoms with Crippen LogP contribution in [0.25, 0.3) is 0 Å². The van der Waals surface area contributed by atoms with Crippen molar-refractivity contribution in [2.45, 2.75) is 0 Å². The highest BCUT2D eigenvalue weighted by molar-refractivity contribution is 6.30. The molecule has 0 aliphatic carbocycles. The van der Waals surface area contributed by atoms with Crippen LogP contribution in [-0.2, 0) is 0 Å². The monoisotopic (exact) mass is 290 g/mol. The average Bonchev–Trinajstić information content (AvgIpc) is 2.51. The number of hydrogen-bond donors (Lipinski definition) is 1. The van der Waals surface area contributed by atoms with E-state index in [0.29, 0.717) is 16.5 Å². The zero-order chi connectivity index (χ0) is 13.8. The van der Waals surface area contributed by atoms with E-state index in [1.54, 1.807) is 24.5 Å². The number of hydrogen-bond acceptors (Lipinski definition) is 5. The Kier molecular flexibility index (Phi) is 3.99. The highest BCUT2D eigenvalue weighted by atomic mass is 35.5. The van der Waals surface area contributed by atoms with Gasteiger partial charge in [-0.3, -0.25) is 0 Å². The van der Waals surface area contributed by atoms with Gasteiger partial charge in [-0.2, -0.15) is 0 Å². The molecule has 1 aliphatic rings. The largest absolute Gasteiger partial charge is 0.454 e. The van der Waals surface area contributed by atoms with Gasteiger partial charge in [0, 0.05) is 31.2 Å². The van der Waals surface area contributed by atoms with Crippen LogP contribution in [0.1, 0.15) is 0 Å². The Morgan fingerprint density at radius 3 is 2.30 bits per heavy atom. The number of anilines is 1. The van der Waals surface area contributed by atoms with Gasteiger partial charge < -0.3 is 15.0 Å². The van der Waals surface area contributed by atoms with Crippen molar-refractivity contribution in [2.24, 2.45) is 0 Å². The van der Waals surface area contributed by atoms with Gasteiger partial charge in [-0.05, 0) is 24.3 Å². The summed E-state index contributed by atoms with van der Waals surface area (Å²) in [5, 5.41) is 3.98. The second-order valence-corrected chi connectivity index (χ2v) is 4.95. The third-order valence-corrected chi connectivity index (χ3v) is 3.32. The summed E-state index contributed by atoms with van der Waals surface area (Å²) in [5.41, 5.74) is 0. The minimum absolute atomic E-state index is 0.617. The van der Waals surface area contributed by atoms with E-state index >= 15 is 0 Å². The normalized spacial score (nSPS) is 15.2. The average molecular weight is 291 g/mol. The molecule has 3 rings (SSSR count). The Hall–Kier alpha value is -1.85. The molecule has 2 heterocycles. The van der Waals surface area contributed by atoms with Gasteiger partial charge in [0.15, 0.2) is 5.75 Å². The highest BCUT2D eigenvalue weighted by Crippen LogP contribution is 2.22. The molecule has 0 bridgehead atoms. The molecule has 6 heteroatoms. The molecule has 1 aromatic carbocycles. The van der Waals surface area contributed by atoms with Crippen molar-refractivity contribution in [3.05, 3.63) is 41.7 Å². The van der Waals surface area contributed by atoms with Crippen LogP contribution in [0.5, 0.6) is 11.5 Å². The molecule has 0 radical (unpaired) electrons. The van der Waals surface area contributed by atoms with Crippen molar-refractivity contribution in [3.8, 4) is 11.5 Å². The molecule has 1 saturated heterocycles. The third-order valence-electron chi connectivity index (χ3n) is 3.06. The van der Waals surface area contributed by atoms with E-state index in [1.807, 2.05) is 12.1 Å². The lowest BCUT2D eigenvalue weighted by Gasteiger charge is -2.27. The number of aromatic nitrogens is 2. The van der Waals surface area contributed by atoms with Gasteiger partial charge in [0.25, 0.3) is 0 Å². The summed E-state index contributed by atoms with van der Waals surface area (Å²) >= 11 is 5.83. The van der Waals surface area contributed by atoms with Crippen LogP contribution >= 0.6 is 11.6 Å². The molecule has 5 nitrogen and oxygen atoms in total. The van der Waals surface area contributed by atoms with Crippen LogP contribution in [0.15, 0.2) is 36.7 Å². The second-order valence-electron chi connectivity index (χ2n) is 4.51. The first-order valence-corrected chi connectivity index (χ1v) is 6.90. The predicted octanol–water partition coefficient (Wildman–Crippen LogP) is 2.33. The maximum atomic E-state index is 5.83. The van der Waals surface area contributed by atoms with Gasteiger partial charge in [-0.15, -0.1) is 0 Å². The van der Waals surface area contributed by atoms with Crippen LogP contribution in [0.2, 0.25) is 5.02 Å². The van der Waals surface area contributed by atoms with Gasteiger partial charge in [-0.25, -0.2) is 9.97 Å². The third kappa shape index (κ3) is 3.18. The van der Waals surface area contributed by atoms with Gasteiger partial charge in [0.05, 0.1) is 12.4 Å². The van der Waals surface area contributed by atoms with Gasteiger partial charge in [0.1, 0.15) is 5.75 Å². The highest BCUT2D eigenvalue weighted by Gasteiger charge is 2.12. The second kappa shape index (κ2) is 6.07. The first kappa shape index (κ1) is 13.1. The minimum Gasteiger partial charge on any atom is -0.454 e. The van der Waals surface area contributed by atoms with E-state index in [1.165, 1.54) is 0 Å². The molecular formula is C14H15ClN4O. The van der Waals surface area contributed by atoms with Crippen molar-refractivity contribution in [2.75, 3.05) is 31.1 Å². The van der Waals surface area contributed by atoms with E-state index in [-0.39, 0.29) is 0 Å². The van der Waals surface area contributed by atoms with E-state index in [0.717, 1.165) is 32.1 Å². The van der Waals surface area contributed by atoms with Crippen LogP contribution < -0.4 is 15.0 Å². The Morgan fingerprint density at radius 1 is 1.00 bits per heavy atom. The Balaban J connectivity index is 1.67. The van der Waals surface area contributed by atoms with Gasteiger partial charge in [-0.1, -0.05) is 11.6 Å². The maximum Gasteiger partial charge on any atom is 0.225 e. The molecular weight excluding hydrogens is 276 g/mol. The van der Waals surface area contributed by atoms with Crippen LogP contribution in [-0.4, -0.2) is 36.1 Å². The summed E-state index contributed by atoms with van der Waals surface area (Å²) < 4.78 is 5.66. The summed E-state index contributed by atoms with van der Waals surface area (Å²) in [5.74, 6) is 2.08. The number of nitrogens with one attached hydrogen (secondary N) is 1. The van der Waals surface area contributed by atoms with E-state index in [4.69, 9.17) is 16.3 Å². The molecule has 2 aromatic rings. The van der Waals surface area contributed by atoms with Crippen LogP contribution in [0.3, 0.4) is 0 Å². The summed E-state index contributed by atoms with van der Waals surface area (Å²) in [6, 6.07) is 7.19. The van der Waals surface area contributed by atoms with E-state index < -0.39 is 0 Å². The standard InChI is InChI=1S/C14H15ClN4O/c15-11-1-3-12(4-2-11)20-13-9-17-14(18-10-13)19-7-5-16-6-8-19/h1-4,9-10,16H,5-8H2. The molecule has 0 saturated carbocycles. The minimum atomic E-state index is 0.617. The topological polar surface area (TPSA) is 50.3 Å². The molecule has 1 aromatic heterocycles. The van der Waals surface area contributed by atoms with Gasteiger partial charge >= 0.3 is 0 Å². The van der Waals surface area contributed by atoms with E-state index in [2.05, 4.69) is 20.2 Å². The molecule has 1 N–H and O–H groups in total. The summed E-state index contributed by atoms with van der Waals surface area (Å²) in [4.78, 5) is 10.9. The predicted molar refractivity (Wildman–Crippen MR) is 78.6 cm³/mol. The fourth-order valence-corrected chi connectivity index (χ4v) is 2.15. The lowest BCUT2D eigenvalue weighted by atomic mass is 10.3. The molecule has 0 amide bonds. The lowest BCUT2D eigenvalue weighted by molar-refractivity contribution is 0.476. The number of benzene rings is 1. The number of piperazine rings is 1. The summed E-state index contributed by atoms with van der Waals surface area (Å²) in [6.45, 7) is 3.79. The Labute approximate surface area is 122 Å². The SMILES string of the molecule is Clc1ccc(Oc2cnc(N3CCNCC3)nc2)cc1. The smallest absolute Gasteiger partial charge is 0.225 e. The lowest BCUT2D eigenvalue weighted by Crippen LogP contribution is -2.44. The maximum absolute atomic E-state index is 5.83. The fraction of sp³-hybridized carbons (Fsp3) is 0.286. The Bertz CT molecular complexity index is 552. The molecule has 1 aliphatic heterocycles. The van der Waals surface area contributed by atoms with Crippen LogP contribution in [0, 0.1) is 0 Å². The molecule has 0 spiro atoms. The number of halogens is 1. The van der Waals surface area contributed by atoms with Gasteiger partial charge in [0.2, 0.25) is 5.95 Å². The molecule has 0 atom stereocenters. The molecule has 0 unspecified atom stereocenters. The van der Waals surface area contributed by atoms with Crippen molar-refractivity contribution in [3.63, 3.8) is 0 Å². The van der Waals surface area contributed by atoms with Crippen molar-refractivity contribution in [1.29, 1.82) is 0 Å². The number of ether oxygens (including phenoxy) is 1. The van der Waals surface area contributed by atoms with Crippen molar-refractivity contribution >= 4 is 17.5 Å². The molecule has 1 fully saturated rings.